The predicted octanol–water partition coefficient (Wildman–Crippen LogP) is 1.13. The SMILES string of the molecule is NNC(Cc1cnccc1N)c1cc(F)ccc1N. The van der Waals surface area contributed by atoms with Gasteiger partial charge in [-0.25, -0.2) is 4.39 Å². The van der Waals surface area contributed by atoms with Crippen LogP contribution in [0.2, 0.25) is 0 Å². The monoisotopic (exact) mass is 261 g/mol. The molecule has 0 radical (unpaired) electrons. The van der Waals surface area contributed by atoms with E-state index in [-0.39, 0.29) is 11.9 Å². The number of nitrogens with one attached hydrogen (secondary N) is 1. The Morgan fingerprint density at radius 1 is 1.21 bits per heavy atom. The minimum absolute atomic E-state index is 0.331. The molecule has 0 aliphatic carbocycles. The van der Waals surface area contributed by atoms with Crippen molar-refractivity contribution in [1.29, 1.82) is 0 Å². The van der Waals surface area contributed by atoms with Gasteiger partial charge in [0.15, 0.2) is 0 Å². The maximum absolute atomic E-state index is 13.3. The fourth-order valence-electron chi connectivity index (χ4n) is 1.93. The standard InChI is InChI=1S/C13H16FN5/c14-9-1-2-12(16)10(6-9)13(19-17)5-8-7-18-4-3-11(8)15/h1-4,6-7,13,19H,5,16-17H2,(H2,15,18). The number of nitrogen functional groups attached to an aromatic ring is 2. The molecule has 6 heteroatoms. The van der Waals surface area contributed by atoms with E-state index in [1.54, 1.807) is 18.5 Å². The van der Waals surface area contributed by atoms with E-state index in [0.29, 0.717) is 23.4 Å². The van der Waals surface area contributed by atoms with Crippen molar-refractivity contribution in [3.63, 3.8) is 0 Å². The number of aromatic nitrogens is 1. The molecule has 7 N–H and O–H groups in total. The van der Waals surface area contributed by atoms with Crippen LogP contribution >= 0.6 is 0 Å². The number of benzene rings is 1. The maximum Gasteiger partial charge on any atom is 0.123 e. The molecule has 0 fully saturated rings. The molecule has 0 aliphatic rings. The van der Waals surface area contributed by atoms with Gasteiger partial charge in [-0.05, 0) is 41.8 Å². The van der Waals surface area contributed by atoms with Crippen molar-refractivity contribution in [2.24, 2.45) is 5.84 Å². The Balaban J connectivity index is 2.30. The predicted molar refractivity (Wildman–Crippen MR) is 73.2 cm³/mol. The van der Waals surface area contributed by atoms with Crippen molar-refractivity contribution in [3.05, 3.63) is 53.6 Å². The number of halogens is 1. The lowest BCUT2D eigenvalue weighted by Gasteiger charge is -2.19. The van der Waals surface area contributed by atoms with Crippen LogP contribution in [0, 0.1) is 5.82 Å². The summed E-state index contributed by atoms with van der Waals surface area (Å²) >= 11 is 0. The molecular weight excluding hydrogens is 245 g/mol. The summed E-state index contributed by atoms with van der Waals surface area (Å²) < 4.78 is 13.3. The van der Waals surface area contributed by atoms with E-state index in [1.165, 1.54) is 18.2 Å². The summed E-state index contributed by atoms with van der Waals surface area (Å²) in [6.07, 6.45) is 3.75. The lowest BCUT2D eigenvalue weighted by Crippen LogP contribution is -2.30. The van der Waals surface area contributed by atoms with Crippen LogP contribution in [0.25, 0.3) is 0 Å². The first-order valence-corrected chi connectivity index (χ1v) is 5.81. The van der Waals surface area contributed by atoms with Crippen LogP contribution in [0.5, 0.6) is 0 Å². The molecule has 5 nitrogen and oxygen atoms in total. The summed E-state index contributed by atoms with van der Waals surface area (Å²) in [6.45, 7) is 0. The summed E-state index contributed by atoms with van der Waals surface area (Å²) in [6, 6.07) is 5.57. The summed E-state index contributed by atoms with van der Waals surface area (Å²) in [5, 5.41) is 0. The van der Waals surface area contributed by atoms with Gasteiger partial charge >= 0.3 is 0 Å². The van der Waals surface area contributed by atoms with Crippen LogP contribution < -0.4 is 22.7 Å². The summed E-state index contributed by atoms with van der Waals surface area (Å²) in [5.74, 6) is 5.17. The molecular formula is C13H16FN5. The van der Waals surface area contributed by atoms with Gasteiger partial charge in [0, 0.05) is 23.8 Å². The molecule has 0 spiro atoms. The number of rotatable bonds is 4. The van der Waals surface area contributed by atoms with Crippen LogP contribution in [-0.4, -0.2) is 4.98 Å². The molecule has 0 bridgehead atoms. The second kappa shape index (κ2) is 5.64. The van der Waals surface area contributed by atoms with Gasteiger partial charge in [0.1, 0.15) is 5.82 Å². The van der Waals surface area contributed by atoms with E-state index in [0.717, 1.165) is 5.56 Å². The number of hydrazine groups is 1. The molecule has 0 aliphatic heterocycles. The van der Waals surface area contributed by atoms with Crippen LogP contribution in [0.1, 0.15) is 17.2 Å². The van der Waals surface area contributed by atoms with E-state index in [2.05, 4.69) is 10.4 Å². The van der Waals surface area contributed by atoms with Crippen molar-refractivity contribution in [2.45, 2.75) is 12.5 Å². The van der Waals surface area contributed by atoms with Crippen LogP contribution in [0.3, 0.4) is 0 Å². The smallest absolute Gasteiger partial charge is 0.123 e. The second-order valence-corrected chi connectivity index (χ2v) is 4.27. The van der Waals surface area contributed by atoms with Gasteiger partial charge in [-0.2, -0.15) is 0 Å². The Morgan fingerprint density at radius 2 is 2.00 bits per heavy atom. The van der Waals surface area contributed by atoms with Gasteiger partial charge in [-0.3, -0.25) is 16.3 Å². The van der Waals surface area contributed by atoms with Gasteiger partial charge in [0.2, 0.25) is 0 Å². The Morgan fingerprint density at radius 3 is 2.68 bits per heavy atom. The van der Waals surface area contributed by atoms with Crippen molar-refractivity contribution >= 4 is 11.4 Å². The fraction of sp³-hybridized carbons (Fsp3) is 0.154. The van der Waals surface area contributed by atoms with E-state index in [4.69, 9.17) is 17.3 Å². The maximum atomic E-state index is 13.3. The molecule has 1 aromatic heterocycles. The number of nitrogens with zero attached hydrogens (tertiary/aromatic N) is 1. The molecule has 2 aromatic rings. The average molecular weight is 261 g/mol. The summed E-state index contributed by atoms with van der Waals surface area (Å²) in [5.41, 5.74) is 16.9. The van der Waals surface area contributed by atoms with Crippen LogP contribution in [-0.2, 0) is 6.42 Å². The Bertz CT molecular complexity index is 573. The minimum atomic E-state index is -0.358. The highest BCUT2D eigenvalue weighted by molar-refractivity contribution is 5.50. The van der Waals surface area contributed by atoms with Gasteiger partial charge < -0.3 is 11.5 Å². The second-order valence-electron chi connectivity index (χ2n) is 4.27. The van der Waals surface area contributed by atoms with Crippen LogP contribution in [0.4, 0.5) is 15.8 Å². The van der Waals surface area contributed by atoms with Crippen molar-refractivity contribution in [3.8, 4) is 0 Å². The molecule has 0 saturated heterocycles. The number of anilines is 2. The number of hydrogen-bond donors (Lipinski definition) is 4. The lowest BCUT2D eigenvalue weighted by molar-refractivity contribution is 0.546. The minimum Gasteiger partial charge on any atom is -0.398 e. The molecule has 1 atom stereocenters. The topological polar surface area (TPSA) is 103 Å². The van der Waals surface area contributed by atoms with E-state index >= 15 is 0 Å². The molecule has 1 aromatic carbocycles. The summed E-state index contributed by atoms with van der Waals surface area (Å²) in [4.78, 5) is 4.01. The van der Waals surface area contributed by atoms with Crippen molar-refractivity contribution in [1.82, 2.24) is 10.4 Å². The van der Waals surface area contributed by atoms with Crippen LogP contribution in [0.15, 0.2) is 36.7 Å². The van der Waals surface area contributed by atoms with E-state index in [1.807, 2.05) is 0 Å². The zero-order valence-electron chi connectivity index (χ0n) is 10.3. The number of pyridine rings is 1. The highest BCUT2D eigenvalue weighted by atomic mass is 19.1. The Labute approximate surface area is 110 Å². The number of nitrogens with two attached hydrogens (primary N) is 3. The van der Waals surface area contributed by atoms with E-state index < -0.39 is 0 Å². The number of hydrogen-bond acceptors (Lipinski definition) is 5. The fourth-order valence-corrected chi connectivity index (χ4v) is 1.93. The molecule has 1 unspecified atom stereocenters. The zero-order chi connectivity index (χ0) is 13.8. The highest BCUT2D eigenvalue weighted by Gasteiger charge is 2.15. The van der Waals surface area contributed by atoms with Gasteiger partial charge in [-0.1, -0.05) is 0 Å². The van der Waals surface area contributed by atoms with Crippen molar-refractivity contribution in [2.75, 3.05) is 11.5 Å². The van der Waals surface area contributed by atoms with Gasteiger partial charge in [0.05, 0.1) is 6.04 Å². The molecule has 1 heterocycles. The van der Waals surface area contributed by atoms with Gasteiger partial charge in [-0.15, -0.1) is 0 Å². The molecule has 0 saturated carbocycles. The Kier molecular flexibility index (Phi) is 3.94. The third-order valence-corrected chi connectivity index (χ3v) is 2.99. The summed E-state index contributed by atoms with van der Waals surface area (Å²) in [7, 11) is 0. The third kappa shape index (κ3) is 2.98. The quantitative estimate of drug-likeness (QED) is 0.375. The lowest BCUT2D eigenvalue weighted by atomic mass is 9.98. The third-order valence-electron chi connectivity index (χ3n) is 2.99. The van der Waals surface area contributed by atoms with Gasteiger partial charge in [0.25, 0.3) is 0 Å². The zero-order valence-corrected chi connectivity index (χ0v) is 10.3. The first-order valence-electron chi connectivity index (χ1n) is 5.81. The molecule has 100 valence electrons. The Hall–Kier alpha value is -2.18. The highest BCUT2D eigenvalue weighted by Crippen LogP contribution is 2.25. The molecule has 0 amide bonds. The molecule has 2 rings (SSSR count). The molecule has 19 heavy (non-hydrogen) atoms. The van der Waals surface area contributed by atoms with E-state index in [9.17, 15) is 4.39 Å². The normalized spacial score (nSPS) is 12.3. The average Bonchev–Trinajstić information content (AvgIpc) is 2.41. The first-order chi connectivity index (χ1) is 9.11. The largest absolute Gasteiger partial charge is 0.398 e. The first kappa shape index (κ1) is 13.3. The van der Waals surface area contributed by atoms with Crippen molar-refractivity contribution < 1.29 is 4.39 Å².